The van der Waals surface area contributed by atoms with E-state index in [-0.39, 0.29) is 18.2 Å². The number of nitrogens with zero attached hydrogens (tertiary/aromatic N) is 2. The zero-order chi connectivity index (χ0) is 18.8. The highest BCUT2D eigenvalue weighted by Gasteiger charge is 2.35. The number of nitrogens with two attached hydrogens (primary N) is 1. The van der Waals surface area contributed by atoms with Gasteiger partial charge in [0.15, 0.2) is 0 Å². The lowest BCUT2D eigenvalue weighted by Gasteiger charge is -2.20. The van der Waals surface area contributed by atoms with Crippen molar-refractivity contribution in [1.82, 2.24) is 5.32 Å². The lowest BCUT2D eigenvalue weighted by atomic mass is 10.1. The minimum atomic E-state index is -0.803. The van der Waals surface area contributed by atoms with Crippen LogP contribution in [0.4, 0.5) is 10.1 Å². The normalized spacial score (nSPS) is 17.7. The Kier molecular flexibility index (Phi) is 4.75. The number of furan rings is 1. The molecular weight excluding hydrogens is 339 g/mol. The predicted octanol–water partition coefficient (Wildman–Crippen LogP) is 2.02. The van der Waals surface area contributed by atoms with Crippen LogP contribution < -0.4 is 16.1 Å². The highest BCUT2D eigenvalue weighted by molar-refractivity contribution is 6.40. The molecule has 8 heteroatoms. The Balaban J connectivity index is 1.78. The number of anilines is 1. The lowest BCUT2D eigenvalue weighted by Crippen LogP contribution is -2.40. The number of hydrogen-bond acceptors (Lipinski definition) is 5. The maximum absolute atomic E-state index is 13.1. The van der Waals surface area contributed by atoms with Gasteiger partial charge in [-0.1, -0.05) is 0 Å². The number of benzene rings is 1. The van der Waals surface area contributed by atoms with E-state index in [1.807, 2.05) is 13.0 Å². The maximum Gasteiger partial charge on any atom is 0.268 e. The molecule has 2 unspecified atom stereocenters. The van der Waals surface area contributed by atoms with Crippen LogP contribution in [0.5, 0.6) is 0 Å². The Morgan fingerprint density at radius 2 is 2.00 bits per heavy atom. The number of hydrazone groups is 1. The molecule has 3 rings (SSSR count). The fourth-order valence-electron chi connectivity index (χ4n) is 2.74. The van der Waals surface area contributed by atoms with Crippen LogP contribution in [0.3, 0.4) is 0 Å². The second-order valence-electron chi connectivity index (χ2n) is 6.13. The molecular formula is C18H19FN4O3. The van der Waals surface area contributed by atoms with Gasteiger partial charge in [-0.2, -0.15) is 5.10 Å². The van der Waals surface area contributed by atoms with Gasteiger partial charge in [0.2, 0.25) is 5.91 Å². The first kappa shape index (κ1) is 17.7. The van der Waals surface area contributed by atoms with Crippen LogP contribution in [-0.2, 0) is 9.59 Å². The Labute approximate surface area is 149 Å². The molecule has 0 saturated heterocycles. The molecule has 2 aromatic rings. The minimum absolute atomic E-state index is 0.0719. The number of rotatable bonds is 5. The maximum atomic E-state index is 13.1. The van der Waals surface area contributed by atoms with Crippen LogP contribution in [0.25, 0.3) is 0 Å². The highest BCUT2D eigenvalue weighted by Crippen LogP contribution is 2.25. The van der Waals surface area contributed by atoms with Gasteiger partial charge in [-0.15, -0.1) is 0 Å². The van der Waals surface area contributed by atoms with Gasteiger partial charge < -0.3 is 15.5 Å². The molecule has 0 bridgehead atoms. The zero-order valence-electron chi connectivity index (χ0n) is 14.4. The smallest absolute Gasteiger partial charge is 0.268 e. The molecule has 2 heterocycles. The Hall–Kier alpha value is -3.16. The van der Waals surface area contributed by atoms with E-state index in [0.29, 0.717) is 11.4 Å². The SMILES string of the molecule is Cc1ccc(C(C)NC(=O)C2=NN(c3ccc(F)cc3)C(C(N)=O)C2)o1. The fourth-order valence-corrected chi connectivity index (χ4v) is 2.74. The second-order valence-corrected chi connectivity index (χ2v) is 6.13. The number of amides is 2. The van der Waals surface area contributed by atoms with E-state index in [0.717, 1.165) is 5.76 Å². The fraction of sp³-hybridized carbons (Fsp3) is 0.278. The second kappa shape index (κ2) is 6.99. The number of hydrogen-bond donors (Lipinski definition) is 2. The standard InChI is InChI=1S/C18H19FN4O3/c1-10-3-8-16(26-10)11(2)21-18(25)14-9-15(17(20)24)23(22-14)13-6-4-12(19)5-7-13/h3-8,11,15H,9H2,1-2H3,(H2,20,24)(H,21,25). The Morgan fingerprint density at radius 3 is 2.58 bits per heavy atom. The van der Waals surface area contributed by atoms with Crippen molar-refractivity contribution in [3.05, 3.63) is 53.7 Å². The molecule has 1 aromatic carbocycles. The molecule has 7 nitrogen and oxygen atoms in total. The van der Waals surface area contributed by atoms with Crippen molar-refractivity contribution in [2.24, 2.45) is 10.8 Å². The van der Waals surface area contributed by atoms with Crippen molar-refractivity contribution in [1.29, 1.82) is 0 Å². The summed E-state index contributed by atoms with van der Waals surface area (Å²) in [4.78, 5) is 24.3. The quantitative estimate of drug-likeness (QED) is 0.854. The summed E-state index contributed by atoms with van der Waals surface area (Å²) in [5.41, 5.74) is 6.09. The number of carbonyl (C=O) groups excluding carboxylic acids is 2. The van der Waals surface area contributed by atoms with Gasteiger partial charge in [-0.3, -0.25) is 14.6 Å². The van der Waals surface area contributed by atoms with Crippen LogP contribution in [-0.4, -0.2) is 23.6 Å². The van der Waals surface area contributed by atoms with Gasteiger partial charge in [0.05, 0.1) is 11.7 Å². The first-order valence-electron chi connectivity index (χ1n) is 8.14. The van der Waals surface area contributed by atoms with Gasteiger partial charge >= 0.3 is 0 Å². The average molecular weight is 358 g/mol. The number of halogens is 1. The molecule has 26 heavy (non-hydrogen) atoms. The van der Waals surface area contributed by atoms with Crippen molar-refractivity contribution in [3.8, 4) is 0 Å². The molecule has 1 aromatic heterocycles. The number of primary amides is 1. The first-order chi connectivity index (χ1) is 12.3. The minimum Gasteiger partial charge on any atom is -0.464 e. The molecule has 1 aliphatic rings. The first-order valence-corrected chi connectivity index (χ1v) is 8.14. The molecule has 0 fully saturated rings. The van der Waals surface area contributed by atoms with Crippen molar-refractivity contribution in [2.75, 3.05) is 5.01 Å². The third-order valence-electron chi connectivity index (χ3n) is 4.13. The molecule has 2 atom stereocenters. The summed E-state index contributed by atoms with van der Waals surface area (Å²) in [6, 6.07) is 7.89. The summed E-state index contributed by atoms with van der Waals surface area (Å²) in [5.74, 6) is -0.0713. The van der Waals surface area contributed by atoms with Gasteiger partial charge in [0.1, 0.15) is 29.1 Å². The van der Waals surface area contributed by atoms with Crippen LogP contribution in [0.2, 0.25) is 0 Å². The molecule has 3 N–H and O–H groups in total. The molecule has 0 aliphatic carbocycles. The molecule has 0 spiro atoms. The monoisotopic (exact) mass is 358 g/mol. The molecule has 2 amide bonds. The largest absolute Gasteiger partial charge is 0.464 e. The Bertz CT molecular complexity index is 860. The van der Waals surface area contributed by atoms with Crippen LogP contribution >= 0.6 is 0 Å². The van der Waals surface area contributed by atoms with Gasteiger partial charge in [-0.25, -0.2) is 4.39 Å². The van der Waals surface area contributed by atoms with Crippen LogP contribution in [0.15, 0.2) is 45.9 Å². The zero-order valence-corrected chi connectivity index (χ0v) is 14.4. The number of carbonyl (C=O) groups is 2. The van der Waals surface area contributed by atoms with E-state index in [1.165, 1.54) is 29.3 Å². The number of nitrogens with one attached hydrogen (secondary N) is 1. The molecule has 1 aliphatic heterocycles. The summed E-state index contributed by atoms with van der Waals surface area (Å²) in [5, 5.41) is 8.36. The van der Waals surface area contributed by atoms with Crippen LogP contribution in [0, 0.1) is 12.7 Å². The van der Waals surface area contributed by atoms with E-state index in [1.54, 1.807) is 13.0 Å². The van der Waals surface area contributed by atoms with E-state index in [4.69, 9.17) is 10.2 Å². The van der Waals surface area contributed by atoms with E-state index in [9.17, 15) is 14.0 Å². The Morgan fingerprint density at radius 1 is 1.31 bits per heavy atom. The average Bonchev–Trinajstić information content (AvgIpc) is 3.22. The van der Waals surface area contributed by atoms with Crippen molar-refractivity contribution in [2.45, 2.75) is 32.4 Å². The number of aryl methyl sites for hydroxylation is 1. The van der Waals surface area contributed by atoms with E-state index >= 15 is 0 Å². The van der Waals surface area contributed by atoms with Gasteiger partial charge in [0, 0.05) is 6.42 Å². The molecule has 0 saturated carbocycles. The predicted molar refractivity (Wildman–Crippen MR) is 93.9 cm³/mol. The summed E-state index contributed by atoms with van der Waals surface area (Å²) < 4.78 is 18.6. The third-order valence-corrected chi connectivity index (χ3v) is 4.13. The van der Waals surface area contributed by atoms with Crippen molar-refractivity contribution >= 4 is 23.2 Å². The summed E-state index contributed by atoms with van der Waals surface area (Å²) in [6.07, 6.45) is 0.0719. The van der Waals surface area contributed by atoms with E-state index in [2.05, 4.69) is 10.4 Å². The van der Waals surface area contributed by atoms with Crippen molar-refractivity contribution in [3.63, 3.8) is 0 Å². The topological polar surface area (TPSA) is 101 Å². The summed E-state index contributed by atoms with van der Waals surface area (Å²) >= 11 is 0. The van der Waals surface area contributed by atoms with Crippen LogP contribution in [0.1, 0.15) is 30.9 Å². The van der Waals surface area contributed by atoms with E-state index < -0.39 is 23.7 Å². The molecule has 136 valence electrons. The summed E-state index contributed by atoms with van der Waals surface area (Å²) in [6.45, 7) is 3.60. The lowest BCUT2D eigenvalue weighted by molar-refractivity contribution is -0.119. The van der Waals surface area contributed by atoms with Crippen molar-refractivity contribution < 1.29 is 18.4 Å². The highest BCUT2D eigenvalue weighted by atomic mass is 19.1. The molecule has 0 radical (unpaired) electrons. The van der Waals surface area contributed by atoms with Gasteiger partial charge in [0.25, 0.3) is 5.91 Å². The summed E-state index contributed by atoms with van der Waals surface area (Å²) in [7, 11) is 0. The third kappa shape index (κ3) is 3.58. The van der Waals surface area contributed by atoms with Gasteiger partial charge in [-0.05, 0) is 50.2 Å².